The van der Waals surface area contributed by atoms with Gasteiger partial charge in [0, 0.05) is 18.0 Å². The number of aromatic carboxylic acids is 1. The van der Waals surface area contributed by atoms with E-state index >= 15 is 0 Å². The number of rotatable bonds is 4. The van der Waals surface area contributed by atoms with Gasteiger partial charge in [-0.3, -0.25) is 9.36 Å². The largest absolute Gasteiger partial charge is 0.497 e. The van der Waals surface area contributed by atoms with E-state index in [-0.39, 0.29) is 23.8 Å². The topological polar surface area (TPSA) is 93.5 Å². The molecule has 1 aliphatic heterocycles. The van der Waals surface area contributed by atoms with E-state index in [0.29, 0.717) is 5.82 Å². The SMILES string of the molecule is COc1ccc(-n2cnc3c2NC(=O)C[C@@H]3c2ccc(C(=O)O)cc2)cc1. The fourth-order valence-electron chi connectivity index (χ4n) is 3.28. The average Bonchev–Trinajstić information content (AvgIpc) is 3.11. The molecular formula is C20H17N3O4. The van der Waals surface area contributed by atoms with Gasteiger partial charge >= 0.3 is 5.97 Å². The molecule has 7 nitrogen and oxygen atoms in total. The zero-order valence-electron chi connectivity index (χ0n) is 14.5. The summed E-state index contributed by atoms with van der Waals surface area (Å²) in [6, 6.07) is 14.0. The van der Waals surface area contributed by atoms with Crippen LogP contribution in [0.1, 0.15) is 34.0 Å². The summed E-state index contributed by atoms with van der Waals surface area (Å²) in [5, 5.41) is 12.0. The van der Waals surface area contributed by atoms with Crippen LogP contribution in [-0.4, -0.2) is 33.6 Å². The summed E-state index contributed by atoms with van der Waals surface area (Å²) < 4.78 is 7.01. The van der Waals surface area contributed by atoms with E-state index in [1.165, 1.54) is 0 Å². The van der Waals surface area contributed by atoms with Gasteiger partial charge in [-0.1, -0.05) is 12.1 Å². The number of hydrogen-bond acceptors (Lipinski definition) is 4. The lowest BCUT2D eigenvalue weighted by atomic mass is 9.89. The zero-order chi connectivity index (χ0) is 19.0. The maximum Gasteiger partial charge on any atom is 0.335 e. The van der Waals surface area contributed by atoms with Crippen LogP contribution < -0.4 is 10.1 Å². The molecule has 3 aromatic rings. The Morgan fingerprint density at radius 2 is 1.89 bits per heavy atom. The second-order valence-corrected chi connectivity index (χ2v) is 6.28. The monoisotopic (exact) mass is 363 g/mol. The first kappa shape index (κ1) is 16.8. The fraction of sp³-hybridized carbons (Fsp3) is 0.150. The molecule has 136 valence electrons. The Hall–Kier alpha value is -3.61. The van der Waals surface area contributed by atoms with Gasteiger partial charge in [0.2, 0.25) is 5.91 Å². The molecule has 2 N–H and O–H groups in total. The minimum atomic E-state index is -0.979. The van der Waals surface area contributed by atoms with Gasteiger partial charge in [-0.2, -0.15) is 0 Å². The van der Waals surface area contributed by atoms with E-state index in [4.69, 9.17) is 9.84 Å². The smallest absolute Gasteiger partial charge is 0.335 e. The third-order valence-corrected chi connectivity index (χ3v) is 4.68. The van der Waals surface area contributed by atoms with Crippen molar-refractivity contribution in [1.29, 1.82) is 0 Å². The normalized spacial score (nSPS) is 15.7. The Morgan fingerprint density at radius 1 is 1.19 bits per heavy atom. The lowest BCUT2D eigenvalue weighted by Gasteiger charge is -2.23. The number of carboxylic acid groups (broad SMARTS) is 1. The molecule has 2 aromatic carbocycles. The molecule has 1 aliphatic rings. The highest BCUT2D eigenvalue weighted by molar-refractivity contribution is 5.94. The van der Waals surface area contributed by atoms with Crippen LogP contribution in [-0.2, 0) is 4.79 Å². The number of anilines is 1. The minimum Gasteiger partial charge on any atom is -0.497 e. The Morgan fingerprint density at radius 3 is 2.52 bits per heavy atom. The fourth-order valence-corrected chi connectivity index (χ4v) is 3.28. The Bertz CT molecular complexity index is 1010. The predicted molar refractivity (Wildman–Crippen MR) is 98.6 cm³/mol. The van der Waals surface area contributed by atoms with Crippen LogP contribution in [0.5, 0.6) is 5.75 Å². The number of nitrogens with zero attached hydrogens (tertiary/aromatic N) is 2. The number of ether oxygens (including phenoxy) is 1. The first-order valence-corrected chi connectivity index (χ1v) is 8.41. The number of hydrogen-bond donors (Lipinski definition) is 2. The van der Waals surface area contributed by atoms with Crippen molar-refractivity contribution in [3.63, 3.8) is 0 Å². The second kappa shape index (κ2) is 6.60. The van der Waals surface area contributed by atoms with E-state index in [1.807, 2.05) is 28.8 Å². The molecular weight excluding hydrogens is 346 g/mol. The average molecular weight is 363 g/mol. The molecule has 0 saturated carbocycles. The van der Waals surface area contributed by atoms with Crippen molar-refractivity contribution < 1.29 is 19.4 Å². The Balaban J connectivity index is 1.73. The van der Waals surface area contributed by atoms with Crippen molar-refractivity contribution in [3.8, 4) is 11.4 Å². The lowest BCUT2D eigenvalue weighted by molar-refractivity contribution is -0.116. The maximum atomic E-state index is 12.3. The molecule has 1 aromatic heterocycles. The van der Waals surface area contributed by atoms with Crippen molar-refractivity contribution in [1.82, 2.24) is 9.55 Å². The van der Waals surface area contributed by atoms with Crippen LogP contribution in [0.2, 0.25) is 0 Å². The molecule has 0 bridgehead atoms. The molecule has 7 heteroatoms. The van der Waals surface area contributed by atoms with Gasteiger partial charge in [-0.15, -0.1) is 0 Å². The van der Waals surface area contributed by atoms with Crippen LogP contribution in [0.25, 0.3) is 5.69 Å². The number of carboxylic acids is 1. The Kier molecular flexibility index (Phi) is 4.12. The zero-order valence-corrected chi connectivity index (χ0v) is 14.5. The summed E-state index contributed by atoms with van der Waals surface area (Å²) in [4.78, 5) is 27.9. The number of carbonyl (C=O) groups is 2. The Labute approximate surface area is 155 Å². The van der Waals surface area contributed by atoms with E-state index in [0.717, 1.165) is 22.7 Å². The number of methoxy groups -OCH3 is 1. The third-order valence-electron chi connectivity index (χ3n) is 4.68. The van der Waals surface area contributed by atoms with Gasteiger partial charge in [0.05, 0.1) is 18.4 Å². The third kappa shape index (κ3) is 3.03. The number of benzene rings is 2. The van der Waals surface area contributed by atoms with Gasteiger partial charge in [0.1, 0.15) is 17.9 Å². The molecule has 0 radical (unpaired) electrons. The molecule has 0 fully saturated rings. The van der Waals surface area contributed by atoms with E-state index in [1.54, 1.807) is 37.7 Å². The first-order valence-electron chi connectivity index (χ1n) is 8.41. The number of amides is 1. The highest BCUT2D eigenvalue weighted by atomic mass is 16.5. The van der Waals surface area contributed by atoms with E-state index in [9.17, 15) is 9.59 Å². The van der Waals surface area contributed by atoms with Crippen LogP contribution in [0.3, 0.4) is 0 Å². The quantitative estimate of drug-likeness (QED) is 0.743. The summed E-state index contributed by atoms with van der Waals surface area (Å²) in [5.41, 5.74) is 2.68. The molecule has 0 saturated heterocycles. The molecule has 27 heavy (non-hydrogen) atoms. The van der Waals surface area contributed by atoms with E-state index < -0.39 is 5.97 Å². The number of imidazole rings is 1. The molecule has 4 rings (SSSR count). The number of carbonyl (C=O) groups excluding carboxylic acids is 1. The highest BCUT2D eigenvalue weighted by Crippen LogP contribution is 2.37. The van der Waals surface area contributed by atoms with E-state index in [2.05, 4.69) is 10.3 Å². The van der Waals surface area contributed by atoms with Crippen LogP contribution in [0, 0.1) is 0 Å². The van der Waals surface area contributed by atoms with Gasteiger partial charge in [0.25, 0.3) is 0 Å². The van der Waals surface area contributed by atoms with Gasteiger partial charge in [-0.25, -0.2) is 9.78 Å². The molecule has 0 unspecified atom stereocenters. The van der Waals surface area contributed by atoms with Crippen molar-refractivity contribution in [3.05, 3.63) is 71.7 Å². The number of aromatic nitrogens is 2. The first-order chi connectivity index (χ1) is 13.1. The highest BCUT2D eigenvalue weighted by Gasteiger charge is 2.31. The predicted octanol–water partition coefficient (Wildman–Crippen LogP) is 3.05. The van der Waals surface area contributed by atoms with Crippen molar-refractivity contribution in [2.45, 2.75) is 12.3 Å². The van der Waals surface area contributed by atoms with Crippen molar-refractivity contribution in [2.75, 3.05) is 12.4 Å². The lowest BCUT2D eigenvalue weighted by Crippen LogP contribution is -2.24. The van der Waals surface area contributed by atoms with Crippen LogP contribution in [0.4, 0.5) is 5.82 Å². The van der Waals surface area contributed by atoms with Gasteiger partial charge in [0.15, 0.2) is 0 Å². The second-order valence-electron chi connectivity index (χ2n) is 6.28. The van der Waals surface area contributed by atoms with Gasteiger partial charge < -0.3 is 15.2 Å². The molecule has 1 atom stereocenters. The van der Waals surface area contributed by atoms with Crippen molar-refractivity contribution >= 4 is 17.7 Å². The summed E-state index contributed by atoms with van der Waals surface area (Å²) in [5.74, 6) is 0.0606. The molecule has 0 spiro atoms. The summed E-state index contributed by atoms with van der Waals surface area (Å²) in [6.45, 7) is 0. The summed E-state index contributed by atoms with van der Waals surface area (Å²) in [6.07, 6.45) is 1.94. The molecule has 1 amide bonds. The molecule has 2 heterocycles. The van der Waals surface area contributed by atoms with Crippen molar-refractivity contribution in [2.24, 2.45) is 0 Å². The summed E-state index contributed by atoms with van der Waals surface area (Å²) >= 11 is 0. The minimum absolute atomic E-state index is 0.106. The number of nitrogens with one attached hydrogen (secondary N) is 1. The maximum absolute atomic E-state index is 12.3. The van der Waals surface area contributed by atoms with Crippen LogP contribution in [0.15, 0.2) is 54.9 Å². The standard InChI is InChI=1S/C20H17N3O4/c1-27-15-8-6-14(7-9-15)23-11-21-18-16(10-17(24)22-19(18)23)12-2-4-13(5-3-12)20(25)26/h2-9,11,16H,10H2,1H3,(H,22,24)(H,25,26)/t16-/m1/s1. The number of fused-ring (bicyclic) bond motifs is 1. The molecule has 0 aliphatic carbocycles. The van der Waals surface area contributed by atoms with Gasteiger partial charge in [-0.05, 0) is 42.0 Å². The summed E-state index contributed by atoms with van der Waals surface area (Å²) in [7, 11) is 1.61. The van der Waals surface area contributed by atoms with Crippen LogP contribution >= 0.6 is 0 Å².